The first-order valence-corrected chi connectivity index (χ1v) is 5.25. The molecule has 2 rings (SSSR count). The first-order chi connectivity index (χ1) is 8.63. The van der Waals surface area contributed by atoms with E-state index in [-0.39, 0.29) is 5.46 Å². The van der Waals surface area contributed by atoms with Crippen LogP contribution in [0.3, 0.4) is 0 Å². The van der Waals surface area contributed by atoms with Gasteiger partial charge in [-0.15, -0.1) is 0 Å². The van der Waals surface area contributed by atoms with Crippen LogP contribution in [0.1, 0.15) is 10.4 Å². The number of carbonyl (C=O) groups is 1. The number of esters is 1. The minimum Gasteiger partial charge on any atom is -0.465 e. The van der Waals surface area contributed by atoms with E-state index >= 15 is 0 Å². The van der Waals surface area contributed by atoms with Gasteiger partial charge < -0.3 is 19.2 Å². The van der Waals surface area contributed by atoms with Crippen LogP contribution in [-0.2, 0) is 4.74 Å². The molecule has 0 aliphatic heterocycles. The van der Waals surface area contributed by atoms with Crippen LogP contribution < -0.4 is 5.46 Å². The van der Waals surface area contributed by atoms with Crippen LogP contribution >= 0.6 is 0 Å². The molecule has 0 unspecified atom stereocenters. The molecule has 0 radical (unpaired) electrons. The standard InChI is InChI=1S/C12H11BO5/c1-17-12(14)8-4-5-10(13(15)16)9(7-8)11-3-2-6-18-11/h2-7,15-16H,1H3. The van der Waals surface area contributed by atoms with E-state index in [0.29, 0.717) is 16.9 Å². The number of hydrogen-bond donors (Lipinski definition) is 2. The van der Waals surface area contributed by atoms with Crippen LogP contribution in [0, 0.1) is 0 Å². The number of carbonyl (C=O) groups excluding carboxylic acids is 1. The summed E-state index contributed by atoms with van der Waals surface area (Å²) >= 11 is 0. The predicted molar refractivity (Wildman–Crippen MR) is 65.3 cm³/mol. The molecule has 0 atom stereocenters. The van der Waals surface area contributed by atoms with Gasteiger partial charge in [-0.3, -0.25) is 0 Å². The summed E-state index contributed by atoms with van der Waals surface area (Å²) in [4.78, 5) is 11.4. The molecular weight excluding hydrogens is 235 g/mol. The van der Waals surface area contributed by atoms with E-state index in [9.17, 15) is 14.8 Å². The zero-order valence-corrected chi connectivity index (χ0v) is 9.66. The summed E-state index contributed by atoms with van der Waals surface area (Å²) in [5.41, 5.74) is 1.02. The van der Waals surface area contributed by atoms with Crippen molar-refractivity contribution in [3.8, 4) is 11.3 Å². The fourth-order valence-corrected chi connectivity index (χ4v) is 1.67. The Hall–Kier alpha value is -2.05. The topological polar surface area (TPSA) is 79.9 Å². The van der Waals surface area contributed by atoms with E-state index in [4.69, 9.17) is 4.42 Å². The van der Waals surface area contributed by atoms with Crippen molar-refractivity contribution < 1.29 is 24.0 Å². The molecule has 5 nitrogen and oxygen atoms in total. The first-order valence-electron chi connectivity index (χ1n) is 5.25. The van der Waals surface area contributed by atoms with Crippen LogP contribution in [0.5, 0.6) is 0 Å². The molecule has 0 spiro atoms. The lowest BCUT2D eigenvalue weighted by Crippen LogP contribution is -2.31. The van der Waals surface area contributed by atoms with E-state index < -0.39 is 13.1 Å². The monoisotopic (exact) mass is 246 g/mol. The molecule has 0 amide bonds. The van der Waals surface area contributed by atoms with Gasteiger partial charge in [-0.2, -0.15) is 0 Å². The third-order valence-electron chi connectivity index (χ3n) is 2.54. The van der Waals surface area contributed by atoms with Crippen LogP contribution in [0.15, 0.2) is 41.0 Å². The van der Waals surface area contributed by atoms with Crippen LogP contribution in [0.4, 0.5) is 0 Å². The Labute approximate surface area is 104 Å². The lowest BCUT2D eigenvalue weighted by Gasteiger charge is -2.08. The van der Waals surface area contributed by atoms with Gasteiger partial charge in [0.15, 0.2) is 0 Å². The van der Waals surface area contributed by atoms with Gasteiger partial charge in [0.1, 0.15) is 5.76 Å². The average molecular weight is 246 g/mol. The summed E-state index contributed by atoms with van der Waals surface area (Å²) in [6, 6.07) is 7.76. The van der Waals surface area contributed by atoms with Gasteiger partial charge in [-0.1, -0.05) is 6.07 Å². The molecule has 2 N–H and O–H groups in total. The molecular formula is C12H11BO5. The maximum absolute atomic E-state index is 11.4. The van der Waals surface area contributed by atoms with E-state index in [0.717, 1.165) is 0 Å². The van der Waals surface area contributed by atoms with Gasteiger partial charge in [-0.05, 0) is 29.7 Å². The molecule has 92 valence electrons. The molecule has 0 aliphatic rings. The second kappa shape index (κ2) is 5.08. The summed E-state index contributed by atoms with van der Waals surface area (Å²) in [6.45, 7) is 0. The van der Waals surface area contributed by atoms with Crippen molar-refractivity contribution in [1.29, 1.82) is 0 Å². The van der Waals surface area contributed by atoms with Crippen molar-refractivity contribution in [2.45, 2.75) is 0 Å². The molecule has 0 saturated carbocycles. The number of rotatable bonds is 3. The fourth-order valence-electron chi connectivity index (χ4n) is 1.67. The molecule has 6 heteroatoms. The summed E-state index contributed by atoms with van der Waals surface area (Å²) < 4.78 is 9.82. The van der Waals surface area contributed by atoms with Crippen LogP contribution in [0.2, 0.25) is 0 Å². The molecule has 0 aliphatic carbocycles. The van der Waals surface area contributed by atoms with Crippen molar-refractivity contribution in [2.24, 2.45) is 0 Å². The lowest BCUT2D eigenvalue weighted by atomic mass is 9.76. The highest BCUT2D eigenvalue weighted by Gasteiger charge is 2.20. The minimum absolute atomic E-state index is 0.262. The highest BCUT2D eigenvalue weighted by molar-refractivity contribution is 6.60. The second-order valence-corrected chi connectivity index (χ2v) is 3.64. The molecule has 0 saturated heterocycles. The van der Waals surface area contributed by atoms with Gasteiger partial charge in [0.05, 0.1) is 18.9 Å². The quantitative estimate of drug-likeness (QED) is 0.605. The Morgan fingerprint density at radius 1 is 1.33 bits per heavy atom. The Bertz CT molecular complexity index is 548. The maximum Gasteiger partial charge on any atom is 0.489 e. The third-order valence-corrected chi connectivity index (χ3v) is 2.54. The number of methoxy groups -OCH3 is 1. The largest absolute Gasteiger partial charge is 0.489 e. The van der Waals surface area contributed by atoms with Crippen LogP contribution in [-0.4, -0.2) is 30.2 Å². The van der Waals surface area contributed by atoms with E-state index in [2.05, 4.69) is 4.74 Å². The highest BCUT2D eigenvalue weighted by Crippen LogP contribution is 2.20. The van der Waals surface area contributed by atoms with E-state index in [1.165, 1.54) is 31.6 Å². The highest BCUT2D eigenvalue weighted by atomic mass is 16.5. The SMILES string of the molecule is COC(=O)c1ccc(B(O)O)c(-c2ccco2)c1. The summed E-state index contributed by atoms with van der Waals surface area (Å²) in [6.07, 6.45) is 1.47. The molecule has 1 aromatic heterocycles. The Kier molecular flexibility index (Phi) is 3.50. The summed E-state index contributed by atoms with van der Waals surface area (Å²) in [5.74, 6) is -0.0503. The molecule has 2 aromatic rings. The normalized spacial score (nSPS) is 10.2. The lowest BCUT2D eigenvalue weighted by molar-refractivity contribution is 0.0601. The number of hydrogen-bond acceptors (Lipinski definition) is 5. The molecule has 1 heterocycles. The zero-order valence-electron chi connectivity index (χ0n) is 9.66. The zero-order chi connectivity index (χ0) is 13.1. The van der Waals surface area contributed by atoms with Crippen molar-refractivity contribution in [1.82, 2.24) is 0 Å². The Morgan fingerprint density at radius 2 is 2.11 bits per heavy atom. The van der Waals surface area contributed by atoms with E-state index in [1.54, 1.807) is 12.1 Å². The fraction of sp³-hybridized carbons (Fsp3) is 0.0833. The maximum atomic E-state index is 11.4. The number of ether oxygens (including phenoxy) is 1. The molecule has 1 aromatic carbocycles. The number of benzene rings is 1. The minimum atomic E-state index is -1.64. The first kappa shape index (κ1) is 12.4. The number of furan rings is 1. The molecule has 0 bridgehead atoms. The predicted octanol–water partition coefficient (Wildman–Crippen LogP) is 0.413. The van der Waals surface area contributed by atoms with Crippen LogP contribution in [0.25, 0.3) is 11.3 Å². The Balaban J connectivity index is 2.55. The van der Waals surface area contributed by atoms with Crippen molar-refractivity contribution in [3.63, 3.8) is 0 Å². The van der Waals surface area contributed by atoms with Crippen molar-refractivity contribution in [2.75, 3.05) is 7.11 Å². The Morgan fingerprint density at radius 3 is 2.67 bits per heavy atom. The van der Waals surface area contributed by atoms with Gasteiger partial charge in [0.2, 0.25) is 0 Å². The van der Waals surface area contributed by atoms with Gasteiger partial charge in [0, 0.05) is 5.56 Å². The third kappa shape index (κ3) is 2.29. The second-order valence-electron chi connectivity index (χ2n) is 3.64. The van der Waals surface area contributed by atoms with Crippen molar-refractivity contribution >= 4 is 18.6 Å². The van der Waals surface area contributed by atoms with Gasteiger partial charge in [-0.25, -0.2) is 4.79 Å². The molecule has 0 fully saturated rings. The molecule has 18 heavy (non-hydrogen) atoms. The van der Waals surface area contributed by atoms with Crippen molar-refractivity contribution in [3.05, 3.63) is 42.2 Å². The van der Waals surface area contributed by atoms with Gasteiger partial charge in [0.25, 0.3) is 0 Å². The van der Waals surface area contributed by atoms with Gasteiger partial charge >= 0.3 is 13.1 Å². The summed E-state index contributed by atoms with van der Waals surface area (Å²) in [5, 5.41) is 18.6. The average Bonchev–Trinajstić information content (AvgIpc) is 2.90. The van der Waals surface area contributed by atoms with E-state index in [1.807, 2.05) is 0 Å². The smallest absolute Gasteiger partial charge is 0.465 e. The summed E-state index contributed by atoms with van der Waals surface area (Å²) in [7, 11) is -0.360.